The summed E-state index contributed by atoms with van der Waals surface area (Å²) in [5.74, 6) is -0.527. The van der Waals surface area contributed by atoms with Gasteiger partial charge in [-0.05, 0) is 42.6 Å². The molecular formula is C20H27FN6O3Si. The molecule has 166 valence electrons. The molecule has 1 fully saturated rings. The van der Waals surface area contributed by atoms with Crippen LogP contribution in [0.15, 0.2) is 35.7 Å². The molecule has 1 aliphatic heterocycles. The van der Waals surface area contributed by atoms with E-state index in [2.05, 4.69) is 35.9 Å². The first-order chi connectivity index (χ1) is 14.5. The predicted molar refractivity (Wildman–Crippen MR) is 118 cm³/mol. The fraction of sp³-hybridized carbons (Fsp3) is 0.500. The molecule has 0 unspecified atom stereocenters. The summed E-state index contributed by atoms with van der Waals surface area (Å²) in [5, 5.41) is 7.88. The summed E-state index contributed by atoms with van der Waals surface area (Å²) in [4.78, 5) is 16.1. The Balaban J connectivity index is 1.77. The summed E-state index contributed by atoms with van der Waals surface area (Å²) in [7, 11) is -0.776. The third-order valence-electron chi connectivity index (χ3n) is 4.86. The Morgan fingerprint density at radius 2 is 2.13 bits per heavy atom. The molecule has 11 heteroatoms. The number of halogens is 1. The number of ether oxygens (including phenoxy) is 1. The van der Waals surface area contributed by atoms with Gasteiger partial charge in [0, 0.05) is 16.7 Å². The lowest BCUT2D eigenvalue weighted by molar-refractivity contribution is 0.109. The van der Waals surface area contributed by atoms with Crippen molar-refractivity contribution in [2.75, 3.05) is 18.0 Å². The number of rotatable bonds is 7. The van der Waals surface area contributed by atoms with Crippen LogP contribution in [0.4, 0.5) is 14.9 Å². The van der Waals surface area contributed by atoms with Crippen LogP contribution in [0.1, 0.15) is 40.2 Å². The van der Waals surface area contributed by atoms with Crippen LogP contribution in [0.3, 0.4) is 0 Å². The standard InChI is InChI=1S/C20H27FN6O3Si/c1-19(2,3)31-30-20(4,5)13-9-24-27(11-13)17-7-6-14(8-16(17)21)26-12-15(10-23-25-22)29-18(26)28/h6-9,11,15H,10,12,31H2,1-5H3/t15-/m0/s1. The summed E-state index contributed by atoms with van der Waals surface area (Å²) in [6, 6.07) is 4.46. The monoisotopic (exact) mass is 446 g/mol. The Bertz CT molecular complexity index is 1010. The van der Waals surface area contributed by atoms with Crippen LogP contribution in [0.25, 0.3) is 16.1 Å². The van der Waals surface area contributed by atoms with E-state index in [0.29, 0.717) is 5.69 Å². The zero-order chi connectivity index (χ0) is 22.8. The van der Waals surface area contributed by atoms with E-state index in [4.69, 9.17) is 14.7 Å². The Hall–Kier alpha value is -2.88. The van der Waals surface area contributed by atoms with E-state index < -0.39 is 33.4 Å². The zero-order valence-corrected chi connectivity index (χ0v) is 19.8. The Kier molecular flexibility index (Phi) is 6.39. The van der Waals surface area contributed by atoms with Crippen molar-refractivity contribution in [3.05, 3.63) is 52.4 Å². The minimum Gasteiger partial charge on any atom is -0.444 e. The van der Waals surface area contributed by atoms with Crippen LogP contribution in [0, 0.1) is 5.82 Å². The Morgan fingerprint density at radius 1 is 1.39 bits per heavy atom. The number of carbonyl (C=O) groups is 1. The molecule has 31 heavy (non-hydrogen) atoms. The number of hydrogen-bond acceptors (Lipinski definition) is 5. The van der Waals surface area contributed by atoms with Crippen LogP contribution in [-0.4, -0.2) is 44.8 Å². The van der Waals surface area contributed by atoms with Gasteiger partial charge in [-0.25, -0.2) is 13.9 Å². The van der Waals surface area contributed by atoms with E-state index in [1.807, 2.05) is 13.8 Å². The first-order valence-corrected chi connectivity index (χ1v) is 11.3. The number of benzene rings is 1. The second-order valence-corrected chi connectivity index (χ2v) is 11.9. The maximum Gasteiger partial charge on any atom is 0.414 e. The molecule has 0 aliphatic carbocycles. The van der Waals surface area contributed by atoms with Gasteiger partial charge in [-0.1, -0.05) is 25.9 Å². The molecule has 1 aromatic heterocycles. The topological polar surface area (TPSA) is 105 Å². The third-order valence-corrected chi connectivity index (χ3v) is 6.59. The first kappa shape index (κ1) is 22.8. The van der Waals surface area contributed by atoms with Crippen molar-refractivity contribution in [2.24, 2.45) is 5.11 Å². The number of aromatic nitrogens is 2. The SMILES string of the molecule is CC(C)(C)[SiH2]OC(C)(C)c1cnn(-c2ccc(N3C[C@H](CN=[N+]=[N-])OC3=O)cc2F)c1. The molecule has 3 rings (SSSR count). The summed E-state index contributed by atoms with van der Waals surface area (Å²) in [6.45, 7) is 10.7. The second-order valence-electron chi connectivity index (χ2n) is 9.20. The van der Waals surface area contributed by atoms with Crippen molar-refractivity contribution < 1.29 is 18.3 Å². The highest BCUT2D eigenvalue weighted by molar-refractivity contribution is 6.31. The highest BCUT2D eigenvalue weighted by atomic mass is 28.2. The van der Waals surface area contributed by atoms with Crippen molar-refractivity contribution in [1.82, 2.24) is 9.78 Å². The average molecular weight is 447 g/mol. The normalized spacial score (nSPS) is 17.3. The van der Waals surface area contributed by atoms with Crippen molar-refractivity contribution in [2.45, 2.75) is 51.4 Å². The van der Waals surface area contributed by atoms with E-state index in [0.717, 1.165) is 5.56 Å². The number of nitrogens with zero attached hydrogens (tertiary/aromatic N) is 6. The van der Waals surface area contributed by atoms with Gasteiger partial charge in [0.05, 0.1) is 30.6 Å². The molecule has 1 atom stereocenters. The lowest BCUT2D eigenvalue weighted by atomic mass is 10.0. The number of cyclic esters (lactones) is 1. The highest BCUT2D eigenvalue weighted by Gasteiger charge is 2.32. The molecule has 0 spiro atoms. The summed E-state index contributed by atoms with van der Waals surface area (Å²) in [5.41, 5.74) is 9.37. The van der Waals surface area contributed by atoms with Gasteiger partial charge in [-0.3, -0.25) is 4.90 Å². The Labute approximate surface area is 182 Å². The van der Waals surface area contributed by atoms with Gasteiger partial charge in [-0.15, -0.1) is 0 Å². The van der Waals surface area contributed by atoms with Crippen LogP contribution in [0.2, 0.25) is 5.04 Å². The second kappa shape index (κ2) is 8.70. The van der Waals surface area contributed by atoms with Gasteiger partial charge in [0.1, 0.15) is 11.8 Å². The van der Waals surface area contributed by atoms with Crippen molar-refractivity contribution in [3.8, 4) is 5.69 Å². The van der Waals surface area contributed by atoms with Crippen molar-refractivity contribution in [1.29, 1.82) is 0 Å². The predicted octanol–water partition coefficient (Wildman–Crippen LogP) is 4.20. The summed E-state index contributed by atoms with van der Waals surface area (Å²) < 4.78 is 27.7. The molecule has 2 heterocycles. The molecule has 0 radical (unpaired) electrons. The molecule has 1 saturated heterocycles. The maximum atomic E-state index is 14.9. The average Bonchev–Trinajstić information content (AvgIpc) is 3.32. The maximum absolute atomic E-state index is 14.9. The van der Waals surface area contributed by atoms with Crippen LogP contribution in [0.5, 0.6) is 0 Å². The van der Waals surface area contributed by atoms with Crippen LogP contribution >= 0.6 is 0 Å². The number of amides is 1. The van der Waals surface area contributed by atoms with E-state index in [1.165, 1.54) is 15.6 Å². The Morgan fingerprint density at radius 3 is 2.77 bits per heavy atom. The van der Waals surface area contributed by atoms with Crippen LogP contribution < -0.4 is 4.90 Å². The number of carbonyl (C=O) groups excluding carboxylic acids is 1. The molecule has 1 aromatic carbocycles. The van der Waals surface area contributed by atoms with Gasteiger partial charge >= 0.3 is 6.09 Å². The largest absolute Gasteiger partial charge is 0.444 e. The number of azide groups is 1. The lowest BCUT2D eigenvalue weighted by Gasteiger charge is -2.29. The lowest BCUT2D eigenvalue weighted by Crippen LogP contribution is -2.27. The molecule has 1 aliphatic rings. The van der Waals surface area contributed by atoms with Gasteiger partial charge in [-0.2, -0.15) is 5.10 Å². The van der Waals surface area contributed by atoms with E-state index in [9.17, 15) is 9.18 Å². The van der Waals surface area contributed by atoms with Crippen molar-refractivity contribution >= 4 is 21.5 Å². The quantitative estimate of drug-likeness (QED) is 0.275. The minimum absolute atomic E-state index is 0.0330. The summed E-state index contributed by atoms with van der Waals surface area (Å²) in [6.07, 6.45) is 2.28. The van der Waals surface area contributed by atoms with Crippen molar-refractivity contribution in [3.63, 3.8) is 0 Å². The van der Waals surface area contributed by atoms with Crippen LogP contribution in [-0.2, 0) is 14.8 Å². The van der Waals surface area contributed by atoms with Gasteiger partial charge in [0.25, 0.3) is 0 Å². The van der Waals surface area contributed by atoms with Gasteiger partial charge in [0.2, 0.25) is 0 Å². The van der Waals surface area contributed by atoms with E-state index in [-0.39, 0.29) is 23.8 Å². The molecule has 0 bridgehead atoms. The molecule has 0 N–H and O–H groups in total. The fourth-order valence-corrected chi connectivity index (χ4v) is 4.01. The molecule has 2 aromatic rings. The third kappa shape index (κ3) is 5.43. The fourth-order valence-electron chi connectivity index (χ4n) is 3.05. The zero-order valence-electron chi connectivity index (χ0n) is 18.4. The number of anilines is 1. The molecule has 0 saturated carbocycles. The van der Waals surface area contributed by atoms with Gasteiger partial charge in [0.15, 0.2) is 15.6 Å². The first-order valence-electron chi connectivity index (χ1n) is 9.98. The van der Waals surface area contributed by atoms with Gasteiger partial charge < -0.3 is 9.16 Å². The molecule has 1 amide bonds. The van der Waals surface area contributed by atoms with E-state index in [1.54, 1.807) is 24.5 Å². The highest BCUT2D eigenvalue weighted by Crippen LogP contribution is 2.30. The molecular weight excluding hydrogens is 419 g/mol. The minimum atomic E-state index is -0.776. The van der Waals surface area contributed by atoms with E-state index >= 15 is 0 Å². The molecule has 9 nitrogen and oxygen atoms in total. The summed E-state index contributed by atoms with van der Waals surface area (Å²) >= 11 is 0. The number of hydrogen-bond donors (Lipinski definition) is 0. The smallest absolute Gasteiger partial charge is 0.414 e.